The number of amides is 1. The minimum absolute atomic E-state index is 0.0944. The second kappa shape index (κ2) is 12.5. The maximum atomic E-state index is 13.0. The Balaban J connectivity index is 0.000000572. The molecule has 3 rings (SSSR count). The van der Waals surface area contributed by atoms with E-state index in [1.165, 1.54) is 12.1 Å². The summed E-state index contributed by atoms with van der Waals surface area (Å²) in [5, 5.41) is 19.9. The van der Waals surface area contributed by atoms with Gasteiger partial charge in [-0.1, -0.05) is 32.4 Å². The minimum atomic E-state index is -5.08. The Morgan fingerprint density at radius 1 is 1.22 bits per heavy atom. The number of carboxylic acid groups (broad SMARTS) is 1. The molecule has 36 heavy (non-hydrogen) atoms. The number of aliphatic carboxylic acids is 1. The van der Waals surface area contributed by atoms with E-state index in [4.69, 9.17) is 9.90 Å². The van der Waals surface area contributed by atoms with Crippen molar-refractivity contribution in [2.75, 3.05) is 13.1 Å². The molecule has 1 aliphatic heterocycles. The molecule has 1 aliphatic rings. The number of carbonyl (C=O) groups is 2. The maximum absolute atomic E-state index is 13.0. The third kappa shape index (κ3) is 8.33. The van der Waals surface area contributed by atoms with Crippen LogP contribution >= 0.6 is 0 Å². The van der Waals surface area contributed by atoms with E-state index in [2.05, 4.69) is 34.0 Å². The second-order valence-corrected chi connectivity index (χ2v) is 8.66. The second-order valence-electron chi connectivity index (χ2n) is 8.66. The molecule has 2 heterocycles. The lowest BCUT2D eigenvalue weighted by molar-refractivity contribution is -0.192. The van der Waals surface area contributed by atoms with E-state index in [-0.39, 0.29) is 24.1 Å². The number of carboxylic acids is 1. The van der Waals surface area contributed by atoms with Crippen molar-refractivity contribution < 1.29 is 37.4 Å². The molecule has 13 heteroatoms. The first-order valence-corrected chi connectivity index (χ1v) is 11.2. The molecular weight excluding hydrogens is 488 g/mol. The summed E-state index contributed by atoms with van der Waals surface area (Å²) in [4.78, 5) is 43.0. The fraction of sp³-hybridized carbons (Fsp3) is 0.478. The Morgan fingerprint density at radius 2 is 1.83 bits per heavy atom. The number of aromatic hydroxyl groups is 1. The van der Waals surface area contributed by atoms with Crippen molar-refractivity contribution in [1.82, 2.24) is 20.2 Å². The van der Waals surface area contributed by atoms with E-state index in [0.717, 1.165) is 32.4 Å². The molecule has 198 valence electrons. The van der Waals surface area contributed by atoms with Crippen molar-refractivity contribution in [2.24, 2.45) is 5.92 Å². The molecule has 1 aromatic carbocycles. The quantitative estimate of drug-likeness (QED) is 0.433. The molecule has 1 unspecified atom stereocenters. The first-order chi connectivity index (χ1) is 16.8. The van der Waals surface area contributed by atoms with Crippen LogP contribution in [-0.4, -0.2) is 56.2 Å². The van der Waals surface area contributed by atoms with Gasteiger partial charge in [0.2, 0.25) is 5.75 Å². The van der Waals surface area contributed by atoms with Gasteiger partial charge in [0.1, 0.15) is 11.6 Å². The smallest absolute Gasteiger partial charge is 0.490 e. The topological polar surface area (TPSA) is 136 Å². The molecule has 0 spiro atoms. The van der Waals surface area contributed by atoms with E-state index in [1.807, 2.05) is 0 Å². The highest BCUT2D eigenvalue weighted by molar-refractivity contribution is 5.94. The summed E-state index contributed by atoms with van der Waals surface area (Å²) < 4.78 is 44.7. The van der Waals surface area contributed by atoms with Crippen LogP contribution < -0.4 is 10.9 Å². The number of hydrogen-bond donors (Lipinski definition) is 4. The van der Waals surface area contributed by atoms with Gasteiger partial charge in [0.25, 0.3) is 11.5 Å². The van der Waals surface area contributed by atoms with Crippen molar-refractivity contribution in [2.45, 2.75) is 51.9 Å². The average Bonchev–Trinajstić information content (AvgIpc) is 2.80. The van der Waals surface area contributed by atoms with Crippen LogP contribution in [0.2, 0.25) is 0 Å². The summed E-state index contributed by atoms with van der Waals surface area (Å²) in [5.41, 5.74) is -0.322. The number of hydrogen-bond acceptors (Lipinski definition) is 6. The van der Waals surface area contributed by atoms with Crippen molar-refractivity contribution in [1.29, 1.82) is 0 Å². The molecule has 0 bridgehead atoms. The third-order valence-electron chi connectivity index (χ3n) is 5.27. The molecule has 1 amide bonds. The van der Waals surface area contributed by atoms with Gasteiger partial charge >= 0.3 is 12.1 Å². The van der Waals surface area contributed by atoms with E-state index in [1.54, 1.807) is 12.1 Å². The standard InChI is InChI=1S/C21H27FN4O3.C2HF3O2/c1-13(2)12-26-10-4-3-5-16(26)19-24-17(18(27)21(29)25-19)20(28)23-11-14-6-8-15(22)9-7-14;3-2(4,5)1(6)7/h6-9,13,16,27H,3-5,10-12H2,1-2H3,(H,23,28)(H,24,25,29);(H,6,7). The number of halogens is 4. The van der Waals surface area contributed by atoms with Gasteiger partial charge in [0, 0.05) is 13.1 Å². The molecule has 9 nitrogen and oxygen atoms in total. The summed E-state index contributed by atoms with van der Waals surface area (Å²) in [7, 11) is 0. The lowest BCUT2D eigenvalue weighted by Gasteiger charge is -2.36. The van der Waals surface area contributed by atoms with Gasteiger partial charge in [0.05, 0.1) is 6.04 Å². The van der Waals surface area contributed by atoms with Crippen LogP contribution in [0.3, 0.4) is 0 Å². The van der Waals surface area contributed by atoms with Gasteiger partial charge in [-0.3, -0.25) is 14.5 Å². The highest BCUT2D eigenvalue weighted by Gasteiger charge is 2.38. The van der Waals surface area contributed by atoms with E-state index >= 15 is 0 Å². The molecule has 0 aliphatic carbocycles. The predicted molar refractivity (Wildman–Crippen MR) is 121 cm³/mol. The molecular formula is C23H28F4N4O5. The summed E-state index contributed by atoms with van der Waals surface area (Å²) in [5.74, 6) is -3.61. The van der Waals surface area contributed by atoms with Crippen LogP contribution in [0.15, 0.2) is 29.1 Å². The van der Waals surface area contributed by atoms with Gasteiger partial charge in [-0.05, 0) is 43.0 Å². The van der Waals surface area contributed by atoms with E-state index < -0.39 is 29.4 Å². The monoisotopic (exact) mass is 516 g/mol. The largest absolute Gasteiger partial charge is 0.501 e. The van der Waals surface area contributed by atoms with Gasteiger partial charge < -0.3 is 20.5 Å². The highest BCUT2D eigenvalue weighted by Crippen LogP contribution is 2.29. The Bertz CT molecular complexity index is 1100. The zero-order chi connectivity index (χ0) is 27.0. The van der Waals surface area contributed by atoms with Gasteiger partial charge in [-0.15, -0.1) is 0 Å². The van der Waals surface area contributed by atoms with Crippen molar-refractivity contribution in [3.05, 3.63) is 57.5 Å². The Labute approximate surface area is 204 Å². The zero-order valence-corrected chi connectivity index (χ0v) is 19.7. The average molecular weight is 516 g/mol. The molecule has 1 fully saturated rings. The van der Waals surface area contributed by atoms with Gasteiger partial charge in [0.15, 0.2) is 5.69 Å². The first-order valence-electron chi connectivity index (χ1n) is 11.2. The molecule has 0 saturated carbocycles. The fourth-order valence-electron chi connectivity index (χ4n) is 3.66. The maximum Gasteiger partial charge on any atom is 0.490 e. The first kappa shape index (κ1) is 28.8. The zero-order valence-electron chi connectivity index (χ0n) is 19.7. The lowest BCUT2D eigenvalue weighted by Crippen LogP contribution is -2.38. The Morgan fingerprint density at radius 3 is 2.39 bits per heavy atom. The number of aromatic amines is 1. The normalized spacial score (nSPS) is 16.2. The number of rotatable bonds is 6. The van der Waals surface area contributed by atoms with Crippen LogP contribution in [-0.2, 0) is 11.3 Å². The van der Waals surface area contributed by atoms with E-state index in [0.29, 0.717) is 17.3 Å². The van der Waals surface area contributed by atoms with Crippen molar-refractivity contribution >= 4 is 11.9 Å². The highest BCUT2D eigenvalue weighted by atomic mass is 19.4. The number of nitrogens with zero attached hydrogens (tertiary/aromatic N) is 2. The predicted octanol–water partition coefficient (Wildman–Crippen LogP) is 3.36. The molecule has 2 aromatic rings. The van der Waals surface area contributed by atoms with Crippen molar-refractivity contribution in [3.8, 4) is 5.75 Å². The van der Waals surface area contributed by atoms with Crippen molar-refractivity contribution in [3.63, 3.8) is 0 Å². The number of piperidine rings is 1. The van der Waals surface area contributed by atoms with Crippen LogP contribution in [0.5, 0.6) is 5.75 Å². The number of H-pyrrole nitrogens is 1. The number of benzene rings is 1. The molecule has 1 saturated heterocycles. The van der Waals surface area contributed by atoms with Crippen LogP contribution in [0.1, 0.15) is 61.0 Å². The van der Waals surface area contributed by atoms with Gasteiger partial charge in [-0.25, -0.2) is 14.2 Å². The number of carbonyl (C=O) groups excluding carboxylic acids is 1. The SMILES string of the molecule is CC(C)CN1CCCCC1c1nc(C(=O)NCc2ccc(F)cc2)c(O)c(=O)[nH]1.O=C(O)C(F)(F)F. The van der Waals surface area contributed by atoms with Crippen LogP contribution in [0, 0.1) is 11.7 Å². The number of aromatic nitrogens is 2. The van der Waals surface area contributed by atoms with Crippen LogP contribution in [0.25, 0.3) is 0 Å². The van der Waals surface area contributed by atoms with E-state index in [9.17, 15) is 32.3 Å². The molecule has 1 atom stereocenters. The summed E-state index contributed by atoms with van der Waals surface area (Å²) in [6, 6.07) is 5.61. The lowest BCUT2D eigenvalue weighted by atomic mass is 9.99. The summed E-state index contributed by atoms with van der Waals surface area (Å²) in [6.07, 6.45) is -2.16. The number of nitrogens with one attached hydrogen (secondary N) is 2. The molecule has 0 radical (unpaired) electrons. The number of alkyl halides is 3. The summed E-state index contributed by atoms with van der Waals surface area (Å²) >= 11 is 0. The minimum Gasteiger partial charge on any atom is -0.501 e. The Kier molecular flexibility index (Phi) is 9.96. The fourth-order valence-corrected chi connectivity index (χ4v) is 3.66. The summed E-state index contributed by atoms with van der Waals surface area (Å²) in [6.45, 7) is 6.16. The Hall–Kier alpha value is -3.48. The van der Waals surface area contributed by atoms with Crippen LogP contribution in [0.4, 0.5) is 17.6 Å². The molecule has 1 aromatic heterocycles. The number of likely N-dealkylation sites (tertiary alicyclic amines) is 1. The molecule has 4 N–H and O–H groups in total. The van der Waals surface area contributed by atoms with Gasteiger partial charge in [-0.2, -0.15) is 13.2 Å². The third-order valence-corrected chi connectivity index (χ3v) is 5.27.